The van der Waals surface area contributed by atoms with Crippen molar-refractivity contribution in [3.63, 3.8) is 0 Å². The summed E-state index contributed by atoms with van der Waals surface area (Å²) in [7, 11) is -1.82. The first-order chi connectivity index (χ1) is 12.4. The number of nitrogens with zero attached hydrogens (tertiary/aromatic N) is 1. The van der Waals surface area contributed by atoms with Gasteiger partial charge in [-0.05, 0) is 48.2 Å². The second-order valence-corrected chi connectivity index (χ2v) is 9.04. The highest BCUT2D eigenvalue weighted by Crippen LogP contribution is 2.34. The van der Waals surface area contributed by atoms with Gasteiger partial charge in [-0.3, -0.25) is 4.79 Å². The number of carbonyl (C=O) groups is 1. The van der Waals surface area contributed by atoms with Crippen LogP contribution in [-0.4, -0.2) is 32.8 Å². The molecule has 1 atom stereocenters. The molecular formula is C19H21BrN2O3S. The first-order valence-corrected chi connectivity index (χ1v) is 10.7. The normalized spacial score (nSPS) is 16.3. The second kappa shape index (κ2) is 7.90. The molecule has 1 amide bonds. The lowest BCUT2D eigenvalue weighted by Gasteiger charge is -2.25. The highest BCUT2D eigenvalue weighted by molar-refractivity contribution is 9.10. The van der Waals surface area contributed by atoms with E-state index in [9.17, 15) is 13.2 Å². The molecule has 0 aromatic heterocycles. The number of carbonyl (C=O) groups excluding carboxylic acids is 1. The van der Waals surface area contributed by atoms with E-state index in [0.717, 1.165) is 17.3 Å². The molecule has 0 bridgehead atoms. The van der Waals surface area contributed by atoms with Gasteiger partial charge in [0, 0.05) is 24.5 Å². The van der Waals surface area contributed by atoms with Crippen LogP contribution in [0.3, 0.4) is 0 Å². The van der Waals surface area contributed by atoms with E-state index in [1.54, 1.807) is 24.1 Å². The maximum Gasteiger partial charge on any atom is 0.240 e. The Kier molecular flexibility index (Phi) is 5.79. The van der Waals surface area contributed by atoms with Gasteiger partial charge in [-0.25, -0.2) is 13.1 Å². The van der Waals surface area contributed by atoms with Gasteiger partial charge in [0.2, 0.25) is 15.9 Å². The Morgan fingerprint density at radius 1 is 1.19 bits per heavy atom. The predicted molar refractivity (Wildman–Crippen MR) is 104 cm³/mol. The standard InChI is InChI=1S/C19H21BrN2O3S/c1-22(18-11-6-14-4-2-3-5-17(14)18)19(23)12-13-21-26(24,25)16-9-7-15(20)8-10-16/h2-5,7-10,18,21H,6,11-13H2,1H3. The van der Waals surface area contributed by atoms with E-state index in [-0.39, 0.29) is 29.8 Å². The van der Waals surface area contributed by atoms with Crippen LogP contribution in [0, 0.1) is 0 Å². The van der Waals surface area contributed by atoms with Crippen molar-refractivity contribution in [1.29, 1.82) is 0 Å². The molecule has 0 radical (unpaired) electrons. The largest absolute Gasteiger partial charge is 0.339 e. The maximum atomic E-state index is 12.5. The van der Waals surface area contributed by atoms with Crippen molar-refractivity contribution in [2.75, 3.05) is 13.6 Å². The molecule has 2 aromatic carbocycles. The first kappa shape index (κ1) is 19.1. The van der Waals surface area contributed by atoms with E-state index in [2.05, 4.69) is 32.8 Å². The van der Waals surface area contributed by atoms with Gasteiger partial charge in [-0.2, -0.15) is 0 Å². The SMILES string of the molecule is CN(C(=O)CCNS(=O)(=O)c1ccc(Br)cc1)C1CCc2ccccc21. The van der Waals surface area contributed by atoms with Crippen LogP contribution >= 0.6 is 15.9 Å². The van der Waals surface area contributed by atoms with Crippen molar-refractivity contribution < 1.29 is 13.2 Å². The summed E-state index contributed by atoms with van der Waals surface area (Å²) in [6, 6.07) is 14.6. The lowest BCUT2D eigenvalue weighted by Crippen LogP contribution is -2.34. The molecule has 1 unspecified atom stereocenters. The summed E-state index contributed by atoms with van der Waals surface area (Å²) < 4.78 is 27.8. The second-order valence-electron chi connectivity index (χ2n) is 6.36. The molecule has 1 N–H and O–H groups in total. The van der Waals surface area contributed by atoms with E-state index in [1.165, 1.54) is 23.3 Å². The van der Waals surface area contributed by atoms with Crippen molar-refractivity contribution in [2.45, 2.75) is 30.2 Å². The quantitative estimate of drug-likeness (QED) is 0.755. The number of rotatable bonds is 6. The summed E-state index contributed by atoms with van der Waals surface area (Å²) in [5.74, 6) is -0.0646. The summed E-state index contributed by atoms with van der Waals surface area (Å²) in [6.07, 6.45) is 2.01. The minimum atomic E-state index is -3.61. The van der Waals surface area contributed by atoms with E-state index >= 15 is 0 Å². The maximum absolute atomic E-state index is 12.5. The predicted octanol–water partition coefficient (Wildman–Crippen LogP) is 3.26. The fourth-order valence-corrected chi connectivity index (χ4v) is 4.57. The highest BCUT2D eigenvalue weighted by atomic mass is 79.9. The number of benzene rings is 2. The van der Waals surface area contributed by atoms with Gasteiger partial charge in [0.15, 0.2) is 0 Å². The van der Waals surface area contributed by atoms with Crippen LogP contribution in [0.15, 0.2) is 57.9 Å². The van der Waals surface area contributed by atoms with Gasteiger partial charge in [0.25, 0.3) is 0 Å². The lowest BCUT2D eigenvalue weighted by molar-refractivity contribution is -0.131. The van der Waals surface area contributed by atoms with Crippen LogP contribution in [-0.2, 0) is 21.2 Å². The Balaban J connectivity index is 1.57. The summed E-state index contributed by atoms with van der Waals surface area (Å²) in [4.78, 5) is 14.4. The summed E-state index contributed by atoms with van der Waals surface area (Å²) in [6.45, 7) is 0.0793. The molecule has 5 nitrogen and oxygen atoms in total. The van der Waals surface area contributed by atoms with Gasteiger partial charge < -0.3 is 4.90 Å². The fraction of sp³-hybridized carbons (Fsp3) is 0.316. The number of aryl methyl sites for hydroxylation is 1. The molecule has 26 heavy (non-hydrogen) atoms. The molecule has 138 valence electrons. The molecular weight excluding hydrogens is 416 g/mol. The Bertz CT molecular complexity index is 897. The van der Waals surface area contributed by atoms with Crippen molar-refractivity contribution >= 4 is 31.9 Å². The van der Waals surface area contributed by atoms with Crippen LogP contribution in [0.1, 0.15) is 30.0 Å². The molecule has 3 rings (SSSR count). The van der Waals surface area contributed by atoms with Crippen molar-refractivity contribution in [2.24, 2.45) is 0 Å². The Morgan fingerprint density at radius 2 is 1.88 bits per heavy atom. The third kappa shape index (κ3) is 4.16. The number of halogens is 1. The molecule has 1 aliphatic carbocycles. The third-order valence-corrected chi connectivity index (χ3v) is 6.72. The molecule has 0 saturated heterocycles. The fourth-order valence-electron chi connectivity index (χ4n) is 3.28. The van der Waals surface area contributed by atoms with Crippen LogP contribution in [0.5, 0.6) is 0 Å². The Hall–Kier alpha value is -1.70. The topological polar surface area (TPSA) is 66.5 Å². The molecule has 0 heterocycles. The van der Waals surface area contributed by atoms with E-state index in [1.807, 2.05) is 12.1 Å². The number of amides is 1. The molecule has 1 aliphatic rings. The summed E-state index contributed by atoms with van der Waals surface area (Å²) in [5.41, 5.74) is 2.48. The number of sulfonamides is 1. The molecule has 0 fully saturated rings. The van der Waals surface area contributed by atoms with Crippen molar-refractivity contribution in [1.82, 2.24) is 9.62 Å². The summed E-state index contributed by atoms with van der Waals surface area (Å²) >= 11 is 3.28. The van der Waals surface area contributed by atoms with E-state index in [4.69, 9.17) is 0 Å². The molecule has 0 aliphatic heterocycles. The van der Waals surface area contributed by atoms with Gasteiger partial charge in [0.1, 0.15) is 0 Å². The third-order valence-electron chi connectivity index (χ3n) is 4.72. The average Bonchev–Trinajstić information content (AvgIpc) is 3.05. The van der Waals surface area contributed by atoms with Crippen LogP contribution in [0.25, 0.3) is 0 Å². The minimum absolute atomic E-state index is 0.0646. The Morgan fingerprint density at radius 3 is 2.62 bits per heavy atom. The zero-order valence-corrected chi connectivity index (χ0v) is 16.9. The van der Waals surface area contributed by atoms with Crippen LogP contribution in [0.2, 0.25) is 0 Å². The van der Waals surface area contributed by atoms with Gasteiger partial charge in [-0.15, -0.1) is 0 Å². The van der Waals surface area contributed by atoms with Gasteiger partial charge >= 0.3 is 0 Å². The lowest BCUT2D eigenvalue weighted by atomic mass is 10.1. The number of hydrogen-bond donors (Lipinski definition) is 1. The van der Waals surface area contributed by atoms with Crippen LogP contribution < -0.4 is 4.72 Å². The number of hydrogen-bond acceptors (Lipinski definition) is 3. The van der Waals surface area contributed by atoms with Gasteiger partial charge in [-0.1, -0.05) is 40.2 Å². The highest BCUT2D eigenvalue weighted by Gasteiger charge is 2.28. The average molecular weight is 437 g/mol. The monoisotopic (exact) mass is 436 g/mol. The molecule has 2 aromatic rings. The zero-order chi connectivity index (χ0) is 18.7. The smallest absolute Gasteiger partial charge is 0.240 e. The van der Waals surface area contributed by atoms with Gasteiger partial charge in [0.05, 0.1) is 10.9 Å². The first-order valence-electron chi connectivity index (χ1n) is 8.47. The molecule has 0 spiro atoms. The Labute approximate surface area is 162 Å². The van der Waals surface area contributed by atoms with Crippen LogP contribution in [0.4, 0.5) is 0 Å². The molecule has 0 saturated carbocycles. The minimum Gasteiger partial charge on any atom is -0.339 e. The summed E-state index contributed by atoms with van der Waals surface area (Å²) in [5, 5.41) is 0. The number of fused-ring (bicyclic) bond motifs is 1. The van der Waals surface area contributed by atoms with E-state index in [0.29, 0.717) is 0 Å². The molecule has 7 heteroatoms. The van der Waals surface area contributed by atoms with Crippen molar-refractivity contribution in [3.8, 4) is 0 Å². The van der Waals surface area contributed by atoms with Crippen molar-refractivity contribution in [3.05, 3.63) is 64.1 Å². The number of nitrogens with one attached hydrogen (secondary N) is 1. The van der Waals surface area contributed by atoms with E-state index < -0.39 is 10.0 Å². The zero-order valence-electron chi connectivity index (χ0n) is 14.5.